The Morgan fingerprint density at radius 3 is 2.83 bits per heavy atom. The molecule has 100 valence electrons. The van der Waals surface area contributed by atoms with Crippen molar-refractivity contribution in [2.75, 3.05) is 13.2 Å². The van der Waals surface area contributed by atoms with Gasteiger partial charge in [-0.15, -0.1) is 0 Å². The van der Waals surface area contributed by atoms with E-state index in [-0.39, 0.29) is 29.4 Å². The topological polar surface area (TPSA) is 55.8 Å². The van der Waals surface area contributed by atoms with Gasteiger partial charge in [-0.3, -0.25) is 9.69 Å². The number of ketones is 1. The minimum absolute atomic E-state index is 0.00708. The van der Waals surface area contributed by atoms with Gasteiger partial charge in [0.1, 0.15) is 11.4 Å². The molecule has 5 heteroatoms. The van der Waals surface area contributed by atoms with E-state index in [1.807, 2.05) is 20.8 Å². The highest BCUT2D eigenvalue weighted by Gasteiger charge is 2.69. The summed E-state index contributed by atoms with van der Waals surface area (Å²) in [5.41, 5.74) is -0.606. The van der Waals surface area contributed by atoms with Crippen molar-refractivity contribution in [2.45, 2.75) is 51.3 Å². The lowest BCUT2D eigenvalue weighted by Crippen LogP contribution is -2.70. The van der Waals surface area contributed by atoms with Gasteiger partial charge >= 0.3 is 6.09 Å². The van der Waals surface area contributed by atoms with Crippen molar-refractivity contribution in [1.82, 2.24) is 4.90 Å². The van der Waals surface area contributed by atoms with E-state index < -0.39 is 5.60 Å². The summed E-state index contributed by atoms with van der Waals surface area (Å²) in [4.78, 5) is 25.6. The van der Waals surface area contributed by atoms with E-state index in [0.717, 1.165) is 0 Å². The molecule has 2 heterocycles. The Bertz CT molecular complexity index is 414. The predicted octanol–water partition coefficient (Wildman–Crippen LogP) is 1.35. The average molecular weight is 253 g/mol. The Hall–Kier alpha value is -1.10. The monoisotopic (exact) mass is 253 g/mol. The van der Waals surface area contributed by atoms with E-state index in [0.29, 0.717) is 26.1 Å². The highest BCUT2D eigenvalue weighted by Crippen LogP contribution is 2.56. The first-order valence-electron chi connectivity index (χ1n) is 6.44. The van der Waals surface area contributed by atoms with Crippen LogP contribution >= 0.6 is 0 Å². The Labute approximate surface area is 106 Å². The maximum Gasteiger partial charge on any atom is 0.410 e. The largest absolute Gasteiger partial charge is 0.444 e. The molecule has 3 atom stereocenters. The van der Waals surface area contributed by atoms with Gasteiger partial charge < -0.3 is 9.47 Å². The summed E-state index contributed by atoms with van der Waals surface area (Å²) in [6.45, 7) is 6.69. The SMILES string of the molecule is CC(C)(C)OC(=O)N1C2COCC23CC(=O)CC13. The molecule has 0 radical (unpaired) electrons. The molecule has 1 aliphatic carbocycles. The van der Waals surface area contributed by atoms with Crippen LogP contribution in [-0.2, 0) is 14.3 Å². The van der Waals surface area contributed by atoms with Crippen molar-refractivity contribution >= 4 is 11.9 Å². The number of Topliss-reactive ketones (excluding diaryl/α,β-unsaturated/α-hetero) is 1. The van der Waals surface area contributed by atoms with Crippen LogP contribution in [0.3, 0.4) is 0 Å². The second-order valence-corrected chi connectivity index (χ2v) is 6.59. The molecule has 18 heavy (non-hydrogen) atoms. The number of likely N-dealkylation sites (tertiary alicyclic amines) is 1. The molecular weight excluding hydrogens is 234 g/mol. The van der Waals surface area contributed by atoms with E-state index in [4.69, 9.17) is 9.47 Å². The summed E-state index contributed by atoms with van der Waals surface area (Å²) in [6, 6.07) is 0.0242. The summed E-state index contributed by atoms with van der Waals surface area (Å²) in [5, 5.41) is 0. The molecule has 0 aromatic carbocycles. The van der Waals surface area contributed by atoms with Crippen LogP contribution < -0.4 is 0 Å². The number of nitrogens with zero attached hydrogens (tertiary/aromatic N) is 1. The third-order valence-electron chi connectivity index (χ3n) is 4.20. The van der Waals surface area contributed by atoms with E-state index in [1.54, 1.807) is 4.90 Å². The Morgan fingerprint density at radius 1 is 1.44 bits per heavy atom. The first kappa shape index (κ1) is 12.0. The first-order chi connectivity index (χ1) is 8.33. The quantitative estimate of drug-likeness (QED) is 0.654. The number of amides is 1. The summed E-state index contributed by atoms with van der Waals surface area (Å²) in [7, 11) is 0. The molecule has 2 aliphatic heterocycles. The first-order valence-corrected chi connectivity index (χ1v) is 6.44. The molecule has 0 aromatic rings. The van der Waals surface area contributed by atoms with Crippen molar-refractivity contribution in [2.24, 2.45) is 5.41 Å². The summed E-state index contributed by atoms with van der Waals surface area (Å²) < 4.78 is 10.9. The fourth-order valence-corrected chi connectivity index (χ4v) is 3.52. The Balaban J connectivity index is 1.79. The van der Waals surface area contributed by atoms with Crippen LogP contribution in [0.4, 0.5) is 4.79 Å². The Morgan fingerprint density at radius 2 is 2.17 bits per heavy atom. The number of carbonyl (C=O) groups excluding carboxylic acids is 2. The maximum absolute atomic E-state index is 12.2. The lowest BCUT2D eigenvalue weighted by atomic mass is 9.69. The molecule has 0 aromatic heterocycles. The third-order valence-corrected chi connectivity index (χ3v) is 4.20. The van der Waals surface area contributed by atoms with Crippen LogP contribution in [0.2, 0.25) is 0 Å². The zero-order valence-electron chi connectivity index (χ0n) is 11.1. The highest BCUT2D eigenvalue weighted by atomic mass is 16.6. The van der Waals surface area contributed by atoms with Crippen LogP contribution in [0.15, 0.2) is 0 Å². The van der Waals surface area contributed by atoms with Crippen LogP contribution in [0.25, 0.3) is 0 Å². The number of hydrogen-bond acceptors (Lipinski definition) is 4. The Kier molecular flexibility index (Phi) is 2.31. The summed E-state index contributed by atoms with van der Waals surface area (Å²) in [6.07, 6.45) is 0.703. The summed E-state index contributed by atoms with van der Waals surface area (Å²) in [5.74, 6) is 0.238. The second-order valence-electron chi connectivity index (χ2n) is 6.59. The zero-order chi connectivity index (χ0) is 13.1. The van der Waals surface area contributed by atoms with Crippen molar-refractivity contribution in [3.8, 4) is 0 Å². The molecule has 5 nitrogen and oxygen atoms in total. The zero-order valence-corrected chi connectivity index (χ0v) is 11.1. The average Bonchev–Trinajstić information content (AvgIpc) is 2.66. The number of rotatable bonds is 0. The summed E-state index contributed by atoms with van der Waals surface area (Å²) >= 11 is 0. The smallest absolute Gasteiger partial charge is 0.410 e. The van der Waals surface area contributed by atoms with E-state index >= 15 is 0 Å². The molecule has 3 rings (SSSR count). The van der Waals surface area contributed by atoms with Gasteiger partial charge in [0.25, 0.3) is 0 Å². The van der Waals surface area contributed by atoms with Crippen molar-refractivity contribution < 1.29 is 19.1 Å². The molecule has 1 saturated carbocycles. The fourth-order valence-electron chi connectivity index (χ4n) is 3.52. The molecule has 3 fully saturated rings. The normalized spacial score (nSPS) is 38.2. The lowest BCUT2D eigenvalue weighted by molar-refractivity contribution is -0.118. The van der Waals surface area contributed by atoms with Crippen LogP contribution in [0.5, 0.6) is 0 Å². The second kappa shape index (κ2) is 3.47. The number of carbonyl (C=O) groups is 2. The van der Waals surface area contributed by atoms with Crippen LogP contribution in [0.1, 0.15) is 33.6 Å². The van der Waals surface area contributed by atoms with E-state index in [2.05, 4.69) is 0 Å². The van der Waals surface area contributed by atoms with Gasteiger partial charge in [0.15, 0.2) is 0 Å². The van der Waals surface area contributed by atoms with Gasteiger partial charge in [-0.05, 0) is 20.8 Å². The molecule has 3 aliphatic rings. The maximum atomic E-state index is 12.2. The minimum Gasteiger partial charge on any atom is -0.444 e. The van der Waals surface area contributed by atoms with E-state index in [9.17, 15) is 9.59 Å². The molecule has 3 unspecified atom stereocenters. The molecule has 0 N–H and O–H groups in total. The standard InChI is InChI=1S/C13H19NO4/c1-12(2,3)18-11(16)14-9-4-8(15)5-13(9)7-17-6-10(13)14/h9-10H,4-7H2,1-3H3. The number of ether oxygens (including phenoxy) is 2. The lowest BCUT2D eigenvalue weighted by Gasteiger charge is -2.55. The highest BCUT2D eigenvalue weighted by molar-refractivity contribution is 5.86. The number of hydrogen-bond donors (Lipinski definition) is 0. The van der Waals surface area contributed by atoms with Gasteiger partial charge in [0.05, 0.1) is 25.3 Å². The van der Waals surface area contributed by atoms with E-state index in [1.165, 1.54) is 0 Å². The minimum atomic E-state index is -0.503. The van der Waals surface area contributed by atoms with Crippen molar-refractivity contribution in [3.63, 3.8) is 0 Å². The van der Waals surface area contributed by atoms with Gasteiger partial charge in [-0.25, -0.2) is 4.79 Å². The van der Waals surface area contributed by atoms with Gasteiger partial charge in [-0.2, -0.15) is 0 Å². The van der Waals surface area contributed by atoms with Crippen LogP contribution in [-0.4, -0.2) is 47.7 Å². The van der Waals surface area contributed by atoms with Crippen molar-refractivity contribution in [1.29, 1.82) is 0 Å². The molecule has 0 bridgehead atoms. The van der Waals surface area contributed by atoms with Gasteiger partial charge in [0.2, 0.25) is 0 Å². The van der Waals surface area contributed by atoms with Crippen LogP contribution in [0, 0.1) is 5.41 Å². The van der Waals surface area contributed by atoms with Crippen molar-refractivity contribution in [3.05, 3.63) is 0 Å². The molecular formula is C13H19NO4. The molecule has 2 saturated heterocycles. The molecule has 1 spiro atoms. The fraction of sp³-hybridized carbons (Fsp3) is 0.846. The van der Waals surface area contributed by atoms with Gasteiger partial charge in [-0.1, -0.05) is 0 Å². The third kappa shape index (κ3) is 1.49. The predicted molar refractivity (Wildman–Crippen MR) is 63.1 cm³/mol. The van der Waals surface area contributed by atoms with Gasteiger partial charge in [0, 0.05) is 18.3 Å². The molecule has 1 amide bonds.